The van der Waals surface area contributed by atoms with Crippen LogP contribution < -0.4 is 10.5 Å². The average Bonchev–Trinajstić information content (AvgIpc) is 2.61. The third kappa shape index (κ3) is 2.68. The lowest BCUT2D eigenvalue weighted by atomic mass is 9.74. The smallest absolute Gasteiger partial charge is 0.119 e. The molecular formula is C15H24N2O. The van der Waals surface area contributed by atoms with Crippen LogP contribution in [0, 0.1) is 0 Å². The molecular weight excluding hydrogens is 224 g/mol. The van der Waals surface area contributed by atoms with Gasteiger partial charge in [-0.1, -0.05) is 12.1 Å². The highest BCUT2D eigenvalue weighted by molar-refractivity contribution is 5.34. The molecule has 0 bridgehead atoms. The van der Waals surface area contributed by atoms with Gasteiger partial charge in [-0.2, -0.15) is 0 Å². The fourth-order valence-electron chi connectivity index (χ4n) is 2.89. The zero-order valence-electron chi connectivity index (χ0n) is 11.5. The fraction of sp³-hybridized carbons (Fsp3) is 0.600. The fourth-order valence-corrected chi connectivity index (χ4v) is 2.89. The van der Waals surface area contributed by atoms with Crippen LogP contribution in [-0.2, 0) is 5.41 Å². The Balaban J connectivity index is 2.29. The summed E-state index contributed by atoms with van der Waals surface area (Å²) in [7, 11) is 3.91. The Kier molecular flexibility index (Phi) is 4.25. The van der Waals surface area contributed by atoms with Crippen molar-refractivity contribution in [1.82, 2.24) is 4.90 Å². The van der Waals surface area contributed by atoms with E-state index in [1.54, 1.807) is 7.11 Å². The first-order valence-corrected chi connectivity index (χ1v) is 6.73. The van der Waals surface area contributed by atoms with Gasteiger partial charge in [-0.3, -0.25) is 0 Å². The van der Waals surface area contributed by atoms with Gasteiger partial charge in [-0.15, -0.1) is 0 Å². The van der Waals surface area contributed by atoms with Crippen molar-refractivity contribution in [2.45, 2.75) is 24.7 Å². The first-order chi connectivity index (χ1) is 8.70. The largest absolute Gasteiger partial charge is 0.497 e. The van der Waals surface area contributed by atoms with Crippen LogP contribution in [0.5, 0.6) is 5.75 Å². The van der Waals surface area contributed by atoms with E-state index >= 15 is 0 Å². The monoisotopic (exact) mass is 248 g/mol. The summed E-state index contributed by atoms with van der Waals surface area (Å²) in [4.78, 5) is 2.40. The first kappa shape index (κ1) is 13.4. The van der Waals surface area contributed by atoms with Crippen LogP contribution in [0.1, 0.15) is 24.8 Å². The third-order valence-corrected chi connectivity index (χ3v) is 4.24. The van der Waals surface area contributed by atoms with Gasteiger partial charge < -0.3 is 15.4 Å². The Bertz CT molecular complexity index is 394. The van der Waals surface area contributed by atoms with Crippen LogP contribution in [-0.4, -0.2) is 38.7 Å². The summed E-state index contributed by atoms with van der Waals surface area (Å²) in [5, 5.41) is 0. The van der Waals surface area contributed by atoms with E-state index in [-0.39, 0.29) is 5.41 Å². The van der Waals surface area contributed by atoms with Crippen molar-refractivity contribution in [1.29, 1.82) is 0 Å². The second-order valence-corrected chi connectivity index (χ2v) is 5.37. The Morgan fingerprint density at radius 3 is 2.89 bits per heavy atom. The molecule has 0 amide bonds. The summed E-state index contributed by atoms with van der Waals surface area (Å²) in [6.07, 6.45) is 3.51. The zero-order chi connectivity index (χ0) is 13.0. The molecule has 0 saturated carbocycles. The van der Waals surface area contributed by atoms with Crippen molar-refractivity contribution < 1.29 is 4.74 Å². The molecule has 2 N–H and O–H groups in total. The zero-order valence-corrected chi connectivity index (χ0v) is 11.5. The van der Waals surface area contributed by atoms with Crippen LogP contribution in [0.4, 0.5) is 0 Å². The first-order valence-electron chi connectivity index (χ1n) is 6.73. The average molecular weight is 248 g/mol. The van der Waals surface area contributed by atoms with Gasteiger partial charge in [0, 0.05) is 12.0 Å². The van der Waals surface area contributed by atoms with Crippen molar-refractivity contribution in [2.24, 2.45) is 5.73 Å². The topological polar surface area (TPSA) is 38.5 Å². The number of methoxy groups -OCH3 is 1. The molecule has 1 heterocycles. The van der Waals surface area contributed by atoms with E-state index in [1.807, 2.05) is 6.07 Å². The maximum absolute atomic E-state index is 6.12. The number of benzene rings is 1. The van der Waals surface area contributed by atoms with Crippen LogP contribution in [0.3, 0.4) is 0 Å². The minimum Gasteiger partial charge on any atom is -0.497 e. The highest BCUT2D eigenvalue weighted by atomic mass is 16.5. The summed E-state index contributed by atoms with van der Waals surface area (Å²) >= 11 is 0. The molecule has 1 aromatic rings. The second kappa shape index (κ2) is 5.72. The molecule has 0 aromatic heterocycles. The minimum atomic E-state index is 0.124. The van der Waals surface area contributed by atoms with Crippen LogP contribution in [0.15, 0.2) is 24.3 Å². The van der Waals surface area contributed by atoms with E-state index in [9.17, 15) is 0 Å². The van der Waals surface area contributed by atoms with Crippen molar-refractivity contribution >= 4 is 0 Å². The number of nitrogens with two attached hydrogens (primary N) is 1. The lowest BCUT2D eigenvalue weighted by Gasteiger charge is -2.32. The Morgan fingerprint density at radius 1 is 1.33 bits per heavy atom. The van der Waals surface area contributed by atoms with Crippen molar-refractivity contribution in [3.63, 3.8) is 0 Å². The molecule has 3 nitrogen and oxygen atoms in total. The van der Waals surface area contributed by atoms with E-state index < -0.39 is 0 Å². The van der Waals surface area contributed by atoms with E-state index in [0.717, 1.165) is 18.7 Å². The van der Waals surface area contributed by atoms with Crippen LogP contribution in [0.2, 0.25) is 0 Å². The molecule has 18 heavy (non-hydrogen) atoms. The molecule has 2 rings (SSSR count). The van der Waals surface area contributed by atoms with Crippen LogP contribution in [0.25, 0.3) is 0 Å². The molecule has 0 spiro atoms. The van der Waals surface area contributed by atoms with Crippen molar-refractivity contribution in [3.05, 3.63) is 29.8 Å². The summed E-state index contributed by atoms with van der Waals surface area (Å²) in [6, 6.07) is 8.41. The molecule has 1 aliphatic rings. The third-order valence-electron chi connectivity index (χ3n) is 4.24. The Hall–Kier alpha value is -1.06. The second-order valence-electron chi connectivity index (χ2n) is 5.37. The van der Waals surface area contributed by atoms with Gasteiger partial charge in [-0.05, 0) is 57.1 Å². The highest BCUT2D eigenvalue weighted by Crippen LogP contribution is 2.35. The predicted molar refractivity (Wildman–Crippen MR) is 75.1 cm³/mol. The molecule has 1 aliphatic heterocycles. The summed E-state index contributed by atoms with van der Waals surface area (Å²) in [5.41, 5.74) is 7.57. The number of ether oxygens (including phenoxy) is 1. The molecule has 1 aromatic carbocycles. The molecule has 1 saturated heterocycles. The number of rotatable bonds is 3. The molecule has 100 valence electrons. The lowest BCUT2D eigenvalue weighted by Crippen LogP contribution is -2.36. The lowest BCUT2D eigenvalue weighted by molar-refractivity contribution is 0.328. The summed E-state index contributed by atoms with van der Waals surface area (Å²) in [5.74, 6) is 0.929. The van der Waals surface area contributed by atoms with E-state index in [0.29, 0.717) is 6.54 Å². The van der Waals surface area contributed by atoms with Gasteiger partial charge in [0.1, 0.15) is 5.75 Å². The standard InChI is InChI=1S/C15H24N2O/c1-17-9-4-7-15(12-16,8-10-17)13-5-3-6-14(11-13)18-2/h3,5-6,11H,4,7-10,12,16H2,1-2H3. The van der Waals surface area contributed by atoms with E-state index in [1.165, 1.54) is 24.9 Å². The van der Waals surface area contributed by atoms with Gasteiger partial charge in [0.2, 0.25) is 0 Å². The Labute approximate surface area is 110 Å². The van der Waals surface area contributed by atoms with Crippen molar-refractivity contribution in [2.75, 3.05) is 33.8 Å². The van der Waals surface area contributed by atoms with Gasteiger partial charge in [0.15, 0.2) is 0 Å². The van der Waals surface area contributed by atoms with Gasteiger partial charge in [-0.25, -0.2) is 0 Å². The van der Waals surface area contributed by atoms with E-state index in [4.69, 9.17) is 10.5 Å². The minimum absolute atomic E-state index is 0.124. The number of likely N-dealkylation sites (tertiary alicyclic amines) is 1. The summed E-state index contributed by atoms with van der Waals surface area (Å²) < 4.78 is 5.34. The van der Waals surface area contributed by atoms with Gasteiger partial charge >= 0.3 is 0 Å². The number of nitrogens with zero attached hydrogens (tertiary/aromatic N) is 1. The van der Waals surface area contributed by atoms with Crippen LogP contribution >= 0.6 is 0 Å². The molecule has 1 unspecified atom stereocenters. The van der Waals surface area contributed by atoms with E-state index in [2.05, 4.69) is 30.1 Å². The highest BCUT2D eigenvalue weighted by Gasteiger charge is 2.32. The molecule has 0 aliphatic carbocycles. The maximum Gasteiger partial charge on any atom is 0.119 e. The normalized spacial score (nSPS) is 25.7. The number of hydrogen-bond donors (Lipinski definition) is 1. The Morgan fingerprint density at radius 2 is 2.17 bits per heavy atom. The summed E-state index contributed by atoms with van der Waals surface area (Å²) in [6.45, 7) is 3.01. The molecule has 3 heteroatoms. The van der Waals surface area contributed by atoms with Crippen molar-refractivity contribution in [3.8, 4) is 5.75 Å². The number of hydrogen-bond acceptors (Lipinski definition) is 3. The quantitative estimate of drug-likeness (QED) is 0.889. The molecule has 1 fully saturated rings. The SMILES string of the molecule is COc1cccc(C2(CN)CCCN(C)CC2)c1. The maximum atomic E-state index is 6.12. The van der Waals surface area contributed by atoms with Gasteiger partial charge in [0.25, 0.3) is 0 Å². The van der Waals surface area contributed by atoms with Gasteiger partial charge in [0.05, 0.1) is 7.11 Å². The predicted octanol–water partition coefficient (Wildman–Crippen LogP) is 2.01. The molecule has 1 atom stereocenters. The molecule has 0 radical (unpaired) electrons.